The van der Waals surface area contributed by atoms with Crippen molar-refractivity contribution in [1.82, 2.24) is 15.0 Å². The molecule has 0 saturated heterocycles. The number of aromatic nitrogens is 2. The lowest BCUT2D eigenvalue weighted by atomic mass is 10.1. The zero-order valence-corrected chi connectivity index (χ0v) is 10.9. The fourth-order valence-electron chi connectivity index (χ4n) is 1.76. The smallest absolute Gasteiger partial charge is 0.240 e. The summed E-state index contributed by atoms with van der Waals surface area (Å²) >= 11 is 1.66. The number of imidazole rings is 1. The maximum absolute atomic E-state index is 11.0. The van der Waals surface area contributed by atoms with Crippen LogP contribution in [0.1, 0.15) is 17.7 Å². The summed E-state index contributed by atoms with van der Waals surface area (Å²) in [7, 11) is 0. The Morgan fingerprint density at radius 2 is 2.32 bits per heavy atom. The number of hydrogen-bond donors (Lipinski definition) is 1. The van der Waals surface area contributed by atoms with Gasteiger partial charge in [0.25, 0.3) is 0 Å². The lowest BCUT2D eigenvalue weighted by molar-refractivity contribution is -0.121. The summed E-state index contributed by atoms with van der Waals surface area (Å²) in [6, 6.07) is 2.09. The fraction of sp³-hybridized carbons (Fsp3) is 0.154. The molecule has 1 aliphatic rings. The first-order valence-corrected chi connectivity index (χ1v) is 6.79. The Morgan fingerprint density at radius 1 is 1.37 bits per heavy atom. The van der Waals surface area contributed by atoms with E-state index in [0.29, 0.717) is 12.8 Å². The van der Waals surface area contributed by atoms with Crippen LogP contribution in [0.3, 0.4) is 0 Å². The number of thiophene rings is 1. The highest BCUT2D eigenvalue weighted by Gasteiger charge is 2.08. The number of carbonyl (C=O) groups excluding carboxylic acids is 1. The number of carbonyl (C=O) groups is 1. The number of hydrogen-bond acceptors (Lipinski definition) is 4. The van der Waals surface area contributed by atoms with Gasteiger partial charge in [0.2, 0.25) is 5.91 Å². The minimum Gasteiger partial charge on any atom is -0.305 e. The average Bonchev–Trinajstić information content (AvgIpc) is 3.09. The summed E-state index contributed by atoms with van der Waals surface area (Å²) < 4.78 is 1.96. The minimum atomic E-state index is -0.0179. The number of allylic oxidation sites excluding steroid dienone is 1. The van der Waals surface area contributed by atoms with Crippen molar-refractivity contribution in [3.8, 4) is 5.69 Å². The molecular weight excluding hydrogens is 260 g/mol. The van der Waals surface area contributed by atoms with Gasteiger partial charge in [0.05, 0.1) is 17.7 Å². The lowest BCUT2D eigenvalue weighted by Gasteiger charge is -2.07. The molecule has 1 aliphatic heterocycles. The van der Waals surface area contributed by atoms with Gasteiger partial charge in [-0.15, -0.1) is 11.3 Å². The molecule has 3 rings (SSSR count). The van der Waals surface area contributed by atoms with E-state index in [9.17, 15) is 4.79 Å². The normalized spacial score (nSPS) is 15.6. The van der Waals surface area contributed by atoms with E-state index in [1.807, 2.05) is 22.9 Å². The molecule has 1 amide bonds. The number of nitrogens with one attached hydrogen (secondary N) is 1. The molecule has 1 N–H and O–H groups in total. The van der Waals surface area contributed by atoms with Crippen LogP contribution in [0.25, 0.3) is 11.8 Å². The standard InChI is InChI=1S/C13H12N4OS/c18-13-4-2-10(15-16-13)1-3-12-7-11(8-19-12)17-6-5-14-9-17/h1,3,5-9H,2,4H2,(H,16,18)/b3-1+. The second-order valence-corrected chi connectivity index (χ2v) is 5.09. The van der Waals surface area contributed by atoms with Crippen molar-refractivity contribution in [1.29, 1.82) is 0 Å². The van der Waals surface area contributed by atoms with Crippen molar-refractivity contribution in [3.63, 3.8) is 0 Å². The third kappa shape index (κ3) is 2.79. The van der Waals surface area contributed by atoms with Gasteiger partial charge < -0.3 is 4.57 Å². The number of amides is 1. The Kier molecular flexibility index (Phi) is 3.24. The third-order valence-corrected chi connectivity index (χ3v) is 3.67. The molecule has 2 aromatic rings. The van der Waals surface area contributed by atoms with Crippen molar-refractivity contribution in [2.24, 2.45) is 5.10 Å². The van der Waals surface area contributed by atoms with E-state index in [2.05, 4.69) is 27.0 Å². The van der Waals surface area contributed by atoms with E-state index in [1.165, 1.54) is 0 Å². The molecule has 2 aromatic heterocycles. The Balaban J connectivity index is 1.72. The van der Waals surface area contributed by atoms with E-state index < -0.39 is 0 Å². The van der Waals surface area contributed by atoms with Gasteiger partial charge in [-0.05, 0) is 18.2 Å². The first kappa shape index (κ1) is 11.9. The number of hydrazone groups is 1. The van der Waals surface area contributed by atoms with Crippen molar-refractivity contribution in [2.45, 2.75) is 12.8 Å². The molecule has 0 spiro atoms. The molecule has 6 heteroatoms. The molecule has 96 valence electrons. The zero-order chi connectivity index (χ0) is 13.1. The molecule has 0 bridgehead atoms. The van der Waals surface area contributed by atoms with Crippen LogP contribution in [-0.2, 0) is 4.79 Å². The highest BCUT2D eigenvalue weighted by molar-refractivity contribution is 7.11. The van der Waals surface area contributed by atoms with Crippen molar-refractivity contribution >= 4 is 29.0 Å². The Labute approximate surface area is 114 Å². The van der Waals surface area contributed by atoms with Gasteiger partial charge in [-0.25, -0.2) is 10.4 Å². The van der Waals surface area contributed by atoms with Gasteiger partial charge in [-0.3, -0.25) is 4.79 Å². The fourth-order valence-corrected chi connectivity index (χ4v) is 2.55. The first-order chi connectivity index (χ1) is 9.31. The van der Waals surface area contributed by atoms with Crippen LogP contribution in [0.4, 0.5) is 0 Å². The predicted molar refractivity (Wildman–Crippen MR) is 75.3 cm³/mol. The molecule has 0 radical (unpaired) electrons. The van der Waals surface area contributed by atoms with Crippen molar-refractivity contribution in [2.75, 3.05) is 0 Å². The minimum absolute atomic E-state index is 0.0179. The van der Waals surface area contributed by atoms with Crippen LogP contribution in [-0.4, -0.2) is 21.2 Å². The highest BCUT2D eigenvalue weighted by atomic mass is 32.1. The highest BCUT2D eigenvalue weighted by Crippen LogP contribution is 2.19. The second kappa shape index (κ2) is 5.19. The van der Waals surface area contributed by atoms with Crippen LogP contribution < -0.4 is 5.43 Å². The van der Waals surface area contributed by atoms with Gasteiger partial charge in [0.1, 0.15) is 0 Å². The monoisotopic (exact) mass is 272 g/mol. The molecule has 0 atom stereocenters. The molecule has 19 heavy (non-hydrogen) atoms. The summed E-state index contributed by atoms with van der Waals surface area (Å²) in [4.78, 5) is 16.1. The molecule has 0 fully saturated rings. The molecule has 0 aromatic carbocycles. The summed E-state index contributed by atoms with van der Waals surface area (Å²) in [5, 5.41) is 6.08. The van der Waals surface area contributed by atoms with E-state index in [0.717, 1.165) is 16.3 Å². The van der Waals surface area contributed by atoms with Crippen LogP contribution in [0.5, 0.6) is 0 Å². The molecule has 5 nitrogen and oxygen atoms in total. The zero-order valence-electron chi connectivity index (χ0n) is 10.1. The summed E-state index contributed by atoms with van der Waals surface area (Å²) in [6.07, 6.45) is 10.6. The maximum atomic E-state index is 11.0. The summed E-state index contributed by atoms with van der Waals surface area (Å²) in [6.45, 7) is 0. The van der Waals surface area contributed by atoms with Crippen LogP contribution >= 0.6 is 11.3 Å². The lowest BCUT2D eigenvalue weighted by Crippen LogP contribution is -2.24. The second-order valence-electron chi connectivity index (χ2n) is 4.15. The van der Waals surface area contributed by atoms with Crippen LogP contribution in [0.15, 0.2) is 41.3 Å². The van der Waals surface area contributed by atoms with Crippen LogP contribution in [0, 0.1) is 0 Å². The maximum Gasteiger partial charge on any atom is 0.240 e. The Hall–Kier alpha value is -2.21. The predicted octanol–water partition coefficient (Wildman–Crippen LogP) is 2.21. The SMILES string of the molecule is O=C1CCC(/C=C/c2cc(-n3ccnc3)cs2)=NN1. The molecule has 0 aliphatic carbocycles. The summed E-state index contributed by atoms with van der Waals surface area (Å²) in [5.41, 5.74) is 4.48. The van der Waals surface area contributed by atoms with Gasteiger partial charge in [-0.1, -0.05) is 0 Å². The Bertz CT molecular complexity index is 639. The van der Waals surface area contributed by atoms with Gasteiger partial charge in [-0.2, -0.15) is 5.10 Å². The van der Waals surface area contributed by atoms with Gasteiger partial charge in [0.15, 0.2) is 0 Å². The topological polar surface area (TPSA) is 59.3 Å². The molecule has 0 saturated carbocycles. The van der Waals surface area contributed by atoms with Crippen molar-refractivity contribution < 1.29 is 4.79 Å². The first-order valence-electron chi connectivity index (χ1n) is 5.91. The van der Waals surface area contributed by atoms with Crippen LogP contribution in [0.2, 0.25) is 0 Å². The van der Waals surface area contributed by atoms with Gasteiger partial charge in [0, 0.05) is 35.5 Å². The quantitative estimate of drug-likeness (QED) is 0.931. The summed E-state index contributed by atoms with van der Waals surface area (Å²) in [5.74, 6) is -0.0179. The van der Waals surface area contributed by atoms with Gasteiger partial charge >= 0.3 is 0 Å². The average molecular weight is 272 g/mol. The molecular formula is C13H12N4OS. The molecule has 0 unspecified atom stereocenters. The number of rotatable bonds is 3. The Morgan fingerprint density at radius 3 is 3.05 bits per heavy atom. The molecule has 3 heterocycles. The van der Waals surface area contributed by atoms with E-state index >= 15 is 0 Å². The van der Waals surface area contributed by atoms with E-state index in [-0.39, 0.29) is 5.91 Å². The van der Waals surface area contributed by atoms with Crippen molar-refractivity contribution in [3.05, 3.63) is 41.1 Å². The third-order valence-electron chi connectivity index (χ3n) is 2.78. The number of nitrogens with zero attached hydrogens (tertiary/aromatic N) is 3. The largest absolute Gasteiger partial charge is 0.305 e. The van der Waals surface area contributed by atoms with E-state index in [4.69, 9.17) is 0 Å². The van der Waals surface area contributed by atoms with E-state index in [1.54, 1.807) is 23.9 Å².